The summed E-state index contributed by atoms with van der Waals surface area (Å²) in [6.45, 7) is 0.393. The van der Waals surface area contributed by atoms with Crippen LogP contribution in [0.4, 0.5) is 11.4 Å². The molecule has 1 fully saturated rings. The number of carbonyl (C=O) groups excluding carboxylic acids is 2. The number of amides is 2. The van der Waals surface area contributed by atoms with E-state index in [1.165, 1.54) is 11.8 Å². The Balaban J connectivity index is 0.931. The number of nitrogens with one attached hydrogen (secondary N) is 2. The highest BCUT2D eigenvalue weighted by Crippen LogP contribution is 2.40. The predicted octanol–water partition coefficient (Wildman–Crippen LogP) is 8.34. The summed E-state index contributed by atoms with van der Waals surface area (Å²) in [7, 11) is 0. The Hall–Kier alpha value is -5.86. The molecule has 1 saturated heterocycles. The number of nitrogen functional groups attached to an aromatic ring is 1. The fourth-order valence-electron chi connectivity index (χ4n) is 7.00. The molecule has 6 aromatic rings. The summed E-state index contributed by atoms with van der Waals surface area (Å²) in [5.41, 5.74) is 13.8. The first-order valence-electron chi connectivity index (χ1n) is 20.0. The molecule has 7 rings (SSSR count). The fraction of sp³-hybridized carbons (Fsp3) is 0.283. The van der Waals surface area contributed by atoms with Crippen molar-refractivity contribution in [3.05, 3.63) is 150 Å². The number of aliphatic hydroxyl groups excluding tert-OH is 1. The van der Waals surface area contributed by atoms with E-state index in [0.29, 0.717) is 48.1 Å². The molecule has 5 N–H and O–H groups in total. The van der Waals surface area contributed by atoms with E-state index >= 15 is 0 Å². The van der Waals surface area contributed by atoms with Gasteiger partial charge in [0.15, 0.2) is 6.29 Å². The molecule has 12 nitrogen and oxygen atoms in total. The van der Waals surface area contributed by atoms with Crippen LogP contribution in [0.25, 0.3) is 16.8 Å². The Kier molecular flexibility index (Phi) is 14.5. The van der Waals surface area contributed by atoms with E-state index in [1.54, 1.807) is 16.8 Å². The van der Waals surface area contributed by atoms with Crippen molar-refractivity contribution in [3.63, 3.8) is 0 Å². The molecule has 5 aromatic carbocycles. The SMILES string of the molecule is Nc1ccccc1NC(=O)CCCCCCC(=O)NCc1ccccc1-c1ccc([C@@H]2O[C@H](CSc3nnnn3-c3ccccc3)C[C@H](c3ccc(CO)cc3)O2)cc1. The van der Waals surface area contributed by atoms with Crippen molar-refractivity contribution < 1.29 is 24.2 Å². The first-order chi connectivity index (χ1) is 28.9. The van der Waals surface area contributed by atoms with Crippen LogP contribution in [0.5, 0.6) is 0 Å². The number of unbranched alkanes of at least 4 members (excludes halogenated alkanes) is 3. The molecule has 3 atom stereocenters. The summed E-state index contributed by atoms with van der Waals surface area (Å²) in [4.78, 5) is 25.1. The maximum absolute atomic E-state index is 12.8. The van der Waals surface area contributed by atoms with Gasteiger partial charge in [-0.15, -0.1) is 5.10 Å². The first kappa shape index (κ1) is 41.3. The number of rotatable bonds is 18. The van der Waals surface area contributed by atoms with E-state index in [1.807, 2.05) is 97.1 Å². The molecule has 2 amide bonds. The number of anilines is 2. The number of thioether (sulfide) groups is 1. The van der Waals surface area contributed by atoms with Gasteiger partial charge in [0.05, 0.1) is 35.9 Å². The van der Waals surface area contributed by atoms with Crippen molar-refractivity contribution >= 4 is 35.0 Å². The van der Waals surface area contributed by atoms with Crippen LogP contribution >= 0.6 is 11.8 Å². The van der Waals surface area contributed by atoms with Crippen molar-refractivity contribution in [1.82, 2.24) is 25.5 Å². The standard InChI is InChI=1S/C46H49N7O5S/c47-40-16-10-11-17-41(40)49-44(56)19-7-2-1-6-18-43(55)48-29-36-12-8-9-15-39(36)33-24-26-35(27-25-33)45-57-38(28-42(58-45)34-22-20-32(30-54)21-23-34)31-59-46-50-51-52-53(46)37-13-4-3-5-14-37/h3-5,8-17,20-27,38,42,45,54H,1-2,6-7,18-19,28-31,47H2,(H,48,55)(H,49,56)/t38-,42+,45+/m0/s1. The number of tetrazole rings is 1. The average Bonchev–Trinajstić information content (AvgIpc) is 3.76. The van der Waals surface area contributed by atoms with Crippen LogP contribution in [0.3, 0.4) is 0 Å². The van der Waals surface area contributed by atoms with Gasteiger partial charge >= 0.3 is 0 Å². The molecule has 59 heavy (non-hydrogen) atoms. The lowest BCUT2D eigenvalue weighted by Crippen LogP contribution is -2.31. The average molecular weight is 812 g/mol. The Bertz CT molecular complexity index is 2270. The van der Waals surface area contributed by atoms with E-state index in [-0.39, 0.29) is 30.6 Å². The summed E-state index contributed by atoms with van der Waals surface area (Å²) in [6.07, 6.45) is 3.72. The molecule has 13 heteroatoms. The van der Waals surface area contributed by atoms with Crippen molar-refractivity contribution in [3.8, 4) is 16.8 Å². The lowest BCUT2D eigenvalue weighted by atomic mass is 9.97. The number of para-hydroxylation sites is 3. The van der Waals surface area contributed by atoms with Gasteiger partial charge in [-0.05, 0) is 75.4 Å². The minimum Gasteiger partial charge on any atom is -0.397 e. The highest BCUT2D eigenvalue weighted by Gasteiger charge is 2.33. The van der Waals surface area contributed by atoms with Gasteiger partial charge in [0, 0.05) is 37.1 Å². The Morgan fingerprint density at radius 1 is 0.780 bits per heavy atom. The zero-order chi connectivity index (χ0) is 40.8. The topological polar surface area (TPSA) is 167 Å². The Morgan fingerprint density at radius 3 is 2.24 bits per heavy atom. The smallest absolute Gasteiger partial charge is 0.224 e. The first-order valence-corrected chi connectivity index (χ1v) is 21.0. The van der Waals surface area contributed by atoms with Crippen molar-refractivity contribution in [2.45, 2.75) is 81.8 Å². The third-order valence-corrected chi connectivity index (χ3v) is 11.3. The van der Waals surface area contributed by atoms with E-state index in [9.17, 15) is 14.7 Å². The molecule has 0 radical (unpaired) electrons. The van der Waals surface area contributed by atoms with Crippen LogP contribution in [0.15, 0.2) is 133 Å². The molecule has 304 valence electrons. The molecule has 0 saturated carbocycles. The van der Waals surface area contributed by atoms with Gasteiger partial charge in [-0.3, -0.25) is 9.59 Å². The summed E-state index contributed by atoms with van der Waals surface area (Å²) < 4.78 is 14.9. The van der Waals surface area contributed by atoms with Gasteiger partial charge in [-0.1, -0.05) is 128 Å². The number of hydrogen-bond acceptors (Lipinski definition) is 10. The Labute approximate surface area is 348 Å². The molecule has 0 spiro atoms. The normalized spacial score (nSPS) is 16.4. The van der Waals surface area contributed by atoms with E-state index in [4.69, 9.17) is 15.2 Å². The Morgan fingerprint density at radius 2 is 1.47 bits per heavy atom. The van der Waals surface area contributed by atoms with Crippen LogP contribution in [-0.2, 0) is 32.2 Å². The van der Waals surface area contributed by atoms with Gasteiger partial charge in [-0.25, -0.2) is 0 Å². The zero-order valence-electron chi connectivity index (χ0n) is 32.8. The fourth-order valence-corrected chi connectivity index (χ4v) is 7.90. The van der Waals surface area contributed by atoms with Crippen LogP contribution in [-0.4, -0.2) is 49.0 Å². The van der Waals surface area contributed by atoms with Gasteiger partial charge in [0.25, 0.3) is 0 Å². The third-order valence-electron chi connectivity index (χ3n) is 10.2. The van der Waals surface area contributed by atoms with Crippen molar-refractivity contribution in [2.75, 3.05) is 16.8 Å². The third kappa shape index (κ3) is 11.4. The second kappa shape index (κ2) is 20.7. The lowest BCUT2D eigenvalue weighted by molar-refractivity contribution is -0.245. The molecular weight excluding hydrogens is 763 g/mol. The maximum atomic E-state index is 12.8. The molecular formula is C46H49N7O5S. The van der Waals surface area contributed by atoms with Gasteiger partial charge < -0.3 is 30.9 Å². The number of carbonyl (C=O) groups is 2. The highest BCUT2D eigenvalue weighted by molar-refractivity contribution is 7.99. The second-order valence-electron chi connectivity index (χ2n) is 14.5. The van der Waals surface area contributed by atoms with Gasteiger partial charge in [0.1, 0.15) is 0 Å². The number of aromatic nitrogens is 4. The largest absolute Gasteiger partial charge is 0.397 e. The minimum absolute atomic E-state index is 0.00359. The summed E-state index contributed by atoms with van der Waals surface area (Å²) in [5.74, 6) is 0.558. The summed E-state index contributed by atoms with van der Waals surface area (Å²) in [6, 6.07) is 41.1. The van der Waals surface area contributed by atoms with E-state index in [0.717, 1.165) is 64.8 Å². The van der Waals surface area contributed by atoms with Gasteiger partial charge in [0.2, 0.25) is 17.0 Å². The zero-order valence-corrected chi connectivity index (χ0v) is 33.6. The van der Waals surface area contributed by atoms with Crippen LogP contribution in [0.1, 0.15) is 79.6 Å². The molecule has 0 unspecified atom stereocenters. The van der Waals surface area contributed by atoms with Gasteiger partial charge in [-0.2, -0.15) is 4.68 Å². The second-order valence-corrected chi connectivity index (χ2v) is 15.5. The number of ether oxygens (including phenoxy) is 2. The van der Waals surface area contributed by atoms with Crippen molar-refractivity contribution in [2.24, 2.45) is 0 Å². The molecule has 1 aliphatic heterocycles. The number of nitrogens with two attached hydrogens (primary N) is 1. The number of hydrogen-bond donors (Lipinski definition) is 4. The molecule has 0 aliphatic carbocycles. The molecule has 1 aliphatic rings. The molecule has 1 aromatic heterocycles. The molecule has 0 bridgehead atoms. The van der Waals surface area contributed by atoms with Crippen LogP contribution in [0.2, 0.25) is 0 Å². The quantitative estimate of drug-likeness (QED) is 0.0377. The van der Waals surface area contributed by atoms with Crippen molar-refractivity contribution in [1.29, 1.82) is 0 Å². The summed E-state index contributed by atoms with van der Waals surface area (Å²) in [5, 5.41) is 28.6. The molecule has 2 heterocycles. The van der Waals surface area contributed by atoms with E-state index in [2.05, 4.69) is 44.4 Å². The van der Waals surface area contributed by atoms with E-state index < -0.39 is 6.29 Å². The number of nitrogens with zero attached hydrogens (tertiary/aromatic N) is 4. The van der Waals surface area contributed by atoms with Crippen LogP contribution < -0.4 is 16.4 Å². The van der Waals surface area contributed by atoms with Crippen LogP contribution in [0, 0.1) is 0 Å². The predicted molar refractivity (Wildman–Crippen MR) is 229 cm³/mol. The monoisotopic (exact) mass is 811 g/mol. The summed E-state index contributed by atoms with van der Waals surface area (Å²) >= 11 is 1.54. The number of benzene rings is 5. The maximum Gasteiger partial charge on any atom is 0.224 e. The highest BCUT2D eigenvalue weighted by atomic mass is 32.2. The number of aliphatic hydroxyl groups is 1. The minimum atomic E-state index is -0.614. The lowest BCUT2D eigenvalue weighted by Gasteiger charge is -2.36.